The van der Waals surface area contributed by atoms with E-state index in [0.29, 0.717) is 17.4 Å². The van der Waals surface area contributed by atoms with Gasteiger partial charge in [-0.2, -0.15) is 18.3 Å². The molecule has 4 rings (SSSR count). The molecule has 2 aromatic carbocycles. The molecule has 31 heavy (non-hydrogen) atoms. The molecular formula is C24H23F3N4. The second-order valence-electron chi connectivity index (χ2n) is 7.51. The molecule has 0 unspecified atom stereocenters. The average Bonchev–Trinajstić information content (AvgIpc) is 2.79. The highest BCUT2D eigenvalue weighted by Gasteiger charge is 2.32. The molecule has 1 aromatic heterocycles. The number of alkyl halides is 3. The van der Waals surface area contributed by atoms with E-state index < -0.39 is 11.7 Å². The molecule has 1 aliphatic heterocycles. The van der Waals surface area contributed by atoms with Crippen molar-refractivity contribution in [2.75, 3.05) is 6.54 Å². The summed E-state index contributed by atoms with van der Waals surface area (Å²) in [6.45, 7) is 4.60. The standard InChI is InChI=1S/C24H23F3N4/c1-3-15(4-2)23-22(20-12-13-28-31-30-20)21(16-8-6-5-7-9-16)18-14-17(24(25,26)27)10-11-19(18)29-23/h5-12,14-15H,3-4,13H2,1-2H3,(H,28,30). The van der Waals surface area contributed by atoms with Gasteiger partial charge in [-0.05, 0) is 42.7 Å². The third-order valence-electron chi connectivity index (χ3n) is 5.66. The van der Waals surface area contributed by atoms with E-state index >= 15 is 0 Å². The second kappa shape index (κ2) is 8.49. The monoisotopic (exact) mass is 424 g/mol. The summed E-state index contributed by atoms with van der Waals surface area (Å²) in [6.07, 6.45) is -0.800. The SMILES string of the molecule is CCC(CC)c1nc2ccc(C(F)(F)F)cc2c(-c2ccccc2)c1C1=CCN=NN1. The first kappa shape index (κ1) is 21.0. The maximum absolute atomic E-state index is 13.6. The van der Waals surface area contributed by atoms with Crippen molar-refractivity contribution in [2.24, 2.45) is 10.3 Å². The fourth-order valence-corrected chi connectivity index (χ4v) is 4.07. The van der Waals surface area contributed by atoms with Crippen LogP contribution in [0, 0.1) is 0 Å². The van der Waals surface area contributed by atoms with Crippen LogP contribution in [0.25, 0.3) is 27.7 Å². The lowest BCUT2D eigenvalue weighted by molar-refractivity contribution is -0.137. The van der Waals surface area contributed by atoms with Crippen LogP contribution in [0.2, 0.25) is 0 Å². The van der Waals surface area contributed by atoms with Crippen LogP contribution in [0.4, 0.5) is 13.2 Å². The van der Waals surface area contributed by atoms with Crippen LogP contribution in [0.1, 0.15) is 49.4 Å². The zero-order valence-corrected chi connectivity index (χ0v) is 17.4. The number of pyridine rings is 1. The molecule has 0 bridgehead atoms. The molecule has 0 amide bonds. The Balaban J connectivity index is 2.14. The minimum atomic E-state index is -4.44. The van der Waals surface area contributed by atoms with Gasteiger partial charge >= 0.3 is 6.18 Å². The van der Waals surface area contributed by atoms with Gasteiger partial charge in [0.1, 0.15) is 0 Å². The Kier molecular flexibility index (Phi) is 5.76. The highest BCUT2D eigenvalue weighted by atomic mass is 19.4. The normalized spacial score (nSPS) is 14.1. The largest absolute Gasteiger partial charge is 0.416 e. The zero-order valence-electron chi connectivity index (χ0n) is 17.4. The summed E-state index contributed by atoms with van der Waals surface area (Å²) >= 11 is 0. The van der Waals surface area contributed by atoms with Crippen LogP contribution in [-0.4, -0.2) is 11.5 Å². The molecule has 0 saturated heterocycles. The smallest absolute Gasteiger partial charge is 0.260 e. The minimum absolute atomic E-state index is 0.158. The molecule has 0 atom stereocenters. The van der Waals surface area contributed by atoms with Gasteiger partial charge in [0.15, 0.2) is 0 Å². The Morgan fingerprint density at radius 2 is 1.74 bits per heavy atom. The number of benzene rings is 2. The first-order valence-corrected chi connectivity index (χ1v) is 10.4. The highest BCUT2D eigenvalue weighted by Crippen LogP contribution is 2.42. The second-order valence-corrected chi connectivity index (χ2v) is 7.51. The number of fused-ring (bicyclic) bond motifs is 1. The van der Waals surface area contributed by atoms with Crippen molar-refractivity contribution in [1.29, 1.82) is 0 Å². The first-order chi connectivity index (χ1) is 14.9. The van der Waals surface area contributed by atoms with Crippen molar-refractivity contribution in [3.05, 3.63) is 71.4 Å². The highest BCUT2D eigenvalue weighted by molar-refractivity contribution is 6.01. The van der Waals surface area contributed by atoms with E-state index in [2.05, 4.69) is 29.6 Å². The summed E-state index contributed by atoms with van der Waals surface area (Å²) < 4.78 is 40.7. The lowest BCUT2D eigenvalue weighted by atomic mass is 9.86. The van der Waals surface area contributed by atoms with E-state index in [0.717, 1.165) is 47.0 Å². The maximum Gasteiger partial charge on any atom is 0.416 e. The van der Waals surface area contributed by atoms with Crippen molar-refractivity contribution in [1.82, 2.24) is 10.4 Å². The molecule has 0 radical (unpaired) electrons. The Hall–Kier alpha value is -3.22. The lowest BCUT2D eigenvalue weighted by Gasteiger charge is -2.24. The van der Waals surface area contributed by atoms with Crippen LogP contribution >= 0.6 is 0 Å². The van der Waals surface area contributed by atoms with Gasteiger partial charge in [-0.25, -0.2) is 0 Å². The number of hydrogen-bond acceptors (Lipinski definition) is 4. The van der Waals surface area contributed by atoms with Crippen LogP contribution < -0.4 is 5.43 Å². The summed E-state index contributed by atoms with van der Waals surface area (Å²) in [4.78, 5) is 4.88. The third kappa shape index (κ3) is 4.04. The van der Waals surface area contributed by atoms with E-state index in [4.69, 9.17) is 4.98 Å². The van der Waals surface area contributed by atoms with Gasteiger partial charge in [0.2, 0.25) is 0 Å². The van der Waals surface area contributed by atoms with Crippen LogP contribution in [0.3, 0.4) is 0 Å². The van der Waals surface area contributed by atoms with Gasteiger partial charge in [-0.1, -0.05) is 49.4 Å². The van der Waals surface area contributed by atoms with Gasteiger partial charge in [0.05, 0.1) is 29.0 Å². The van der Waals surface area contributed by atoms with Gasteiger partial charge in [0.25, 0.3) is 0 Å². The number of nitrogens with one attached hydrogen (secondary N) is 1. The van der Waals surface area contributed by atoms with Crippen molar-refractivity contribution < 1.29 is 13.2 Å². The molecule has 0 spiro atoms. The molecule has 1 N–H and O–H groups in total. The van der Waals surface area contributed by atoms with E-state index in [9.17, 15) is 13.2 Å². The number of hydrogen-bond donors (Lipinski definition) is 1. The number of rotatable bonds is 5. The molecule has 160 valence electrons. The molecule has 3 aromatic rings. The molecule has 0 fully saturated rings. The van der Waals surface area contributed by atoms with Crippen molar-refractivity contribution in [3.63, 3.8) is 0 Å². The van der Waals surface area contributed by atoms with E-state index in [1.54, 1.807) is 0 Å². The molecular weight excluding hydrogens is 401 g/mol. The Morgan fingerprint density at radius 1 is 1.00 bits per heavy atom. The van der Waals surface area contributed by atoms with Crippen LogP contribution in [0.15, 0.2) is 64.9 Å². The number of halogens is 3. The first-order valence-electron chi connectivity index (χ1n) is 10.4. The number of nitrogens with zero attached hydrogens (tertiary/aromatic N) is 3. The Morgan fingerprint density at radius 3 is 2.35 bits per heavy atom. The predicted molar refractivity (Wildman–Crippen MR) is 116 cm³/mol. The average molecular weight is 424 g/mol. The summed E-state index contributed by atoms with van der Waals surface area (Å²) in [7, 11) is 0. The molecule has 0 aliphatic carbocycles. The quantitative estimate of drug-likeness (QED) is 0.473. The third-order valence-corrected chi connectivity index (χ3v) is 5.66. The molecule has 1 aliphatic rings. The summed E-state index contributed by atoms with van der Waals surface area (Å²) in [5.41, 5.74) is 6.77. The molecule has 4 nitrogen and oxygen atoms in total. The Labute approximate surface area is 178 Å². The lowest BCUT2D eigenvalue weighted by Crippen LogP contribution is -2.15. The maximum atomic E-state index is 13.6. The van der Waals surface area contributed by atoms with Crippen molar-refractivity contribution >= 4 is 16.6 Å². The van der Waals surface area contributed by atoms with Gasteiger partial charge < -0.3 is 0 Å². The van der Waals surface area contributed by atoms with E-state index in [-0.39, 0.29) is 5.92 Å². The summed E-state index contributed by atoms with van der Waals surface area (Å²) in [6, 6.07) is 13.3. The van der Waals surface area contributed by atoms with E-state index in [1.165, 1.54) is 12.1 Å². The predicted octanol–water partition coefficient (Wildman–Crippen LogP) is 7.14. The summed E-state index contributed by atoms with van der Waals surface area (Å²) in [5.74, 6) is 0.158. The van der Waals surface area contributed by atoms with Crippen LogP contribution in [-0.2, 0) is 6.18 Å². The van der Waals surface area contributed by atoms with Gasteiger partial charge in [0, 0.05) is 22.4 Å². The topological polar surface area (TPSA) is 49.6 Å². The fraction of sp³-hybridized carbons (Fsp3) is 0.292. The zero-order chi connectivity index (χ0) is 22.0. The van der Waals surface area contributed by atoms with Crippen molar-refractivity contribution in [2.45, 2.75) is 38.8 Å². The van der Waals surface area contributed by atoms with Gasteiger partial charge in [-0.15, -0.1) is 0 Å². The minimum Gasteiger partial charge on any atom is -0.260 e. The van der Waals surface area contributed by atoms with Gasteiger partial charge in [-0.3, -0.25) is 10.4 Å². The van der Waals surface area contributed by atoms with Crippen molar-refractivity contribution in [3.8, 4) is 11.1 Å². The molecule has 2 heterocycles. The van der Waals surface area contributed by atoms with Crippen LogP contribution in [0.5, 0.6) is 0 Å². The molecule has 7 heteroatoms. The fourth-order valence-electron chi connectivity index (χ4n) is 4.07. The number of aromatic nitrogens is 1. The summed E-state index contributed by atoms with van der Waals surface area (Å²) in [5, 5.41) is 8.37. The molecule has 0 saturated carbocycles. The Bertz CT molecular complexity index is 1150. The van der Waals surface area contributed by atoms with E-state index in [1.807, 2.05) is 36.4 Å².